The number of nitrogens with zero attached hydrogens (tertiary/aromatic N) is 3. The number of benzene rings is 2. The average Bonchev–Trinajstić information content (AvgIpc) is 3.28. The molecule has 1 saturated heterocycles. The van der Waals surface area contributed by atoms with E-state index in [2.05, 4.69) is 0 Å². The average molecular weight is 477 g/mol. The number of halogens is 3. The van der Waals surface area contributed by atoms with Gasteiger partial charge in [-0.2, -0.15) is 13.2 Å². The molecule has 0 saturated carbocycles. The maximum Gasteiger partial charge on any atom is 0.416 e. The topological polar surface area (TPSA) is 45.0 Å². The first-order chi connectivity index (χ1) is 16.8. The van der Waals surface area contributed by atoms with E-state index in [1.54, 1.807) is 27.6 Å². The summed E-state index contributed by atoms with van der Waals surface area (Å²) in [5.41, 5.74) is 2.35. The largest absolute Gasteiger partial charge is 0.416 e. The molecule has 5 nitrogen and oxygen atoms in total. The van der Waals surface area contributed by atoms with Crippen molar-refractivity contribution < 1.29 is 22.8 Å². The van der Waals surface area contributed by atoms with Gasteiger partial charge in [0.1, 0.15) is 5.69 Å². The molecule has 1 fully saturated rings. The van der Waals surface area contributed by atoms with Crippen molar-refractivity contribution in [3.8, 4) is 11.1 Å². The van der Waals surface area contributed by atoms with Crippen LogP contribution in [0.2, 0.25) is 0 Å². The number of hydrogen-bond acceptors (Lipinski definition) is 3. The van der Waals surface area contributed by atoms with E-state index < -0.39 is 23.4 Å². The maximum absolute atomic E-state index is 13.5. The summed E-state index contributed by atoms with van der Waals surface area (Å²) in [5.74, 6) is -1.22. The molecule has 0 unspecified atom stereocenters. The standard InChI is InChI=1S/C27H22F3N3O2/c28-27(29,30)20-9-6-11-21(17-20)31-13-15-32(16-14-31)26(35)25(34)24-23(19-7-2-1-3-8-19)18-22-10-4-5-12-33(22)24/h1-12,17-18H,13-16H2. The van der Waals surface area contributed by atoms with Gasteiger partial charge in [0.15, 0.2) is 0 Å². The Morgan fingerprint density at radius 1 is 0.771 bits per heavy atom. The van der Waals surface area contributed by atoms with Gasteiger partial charge < -0.3 is 14.2 Å². The molecule has 35 heavy (non-hydrogen) atoms. The third-order valence-electron chi connectivity index (χ3n) is 6.28. The van der Waals surface area contributed by atoms with Gasteiger partial charge in [0.05, 0.1) is 5.56 Å². The molecule has 0 radical (unpaired) electrons. The lowest BCUT2D eigenvalue weighted by molar-refractivity contribution is -0.137. The fraction of sp³-hybridized carbons (Fsp3) is 0.185. The summed E-state index contributed by atoms with van der Waals surface area (Å²) in [4.78, 5) is 30.0. The third kappa shape index (κ3) is 4.39. The Bertz CT molecular complexity index is 1390. The molecule has 0 atom stereocenters. The van der Waals surface area contributed by atoms with Gasteiger partial charge in [0.2, 0.25) is 0 Å². The third-order valence-corrected chi connectivity index (χ3v) is 6.28. The summed E-state index contributed by atoms with van der Waals surface area (Å²) >= 11 is 0. The minimum Gasteiger partial charge on any atom is -0.368 e. The van der Waals surface area contributed by atoms with Crippen LogP contribution in [-0.4, -0.2) is 47.2 Å². The SMILES string of the molecule is O=C(C(=O)N1CCN(c2cccc(C(F)(F)F)c2)CC1)c1c(-c2ccccc2)cc2ccccn12. The minimum absolute atomic E-state index is 0.241. The zero-order valence-electron chi connectivity index (χ0n) is 18.7. The number of piperazine rings is 1. The van der Waals surface area contributed by atoms with Crippen LogP contribution in [-0.2, 0) is 11.0 Å². The van der Waals surface area contributed by atoms with E-state index in [9.17, 15) is 22.8 Å². The molecule has 2 aromatic heterocycles. The Hall–Kier alpha value is -4.07. The second-order valence-electron chi connectivity index (χ2n) is 8.42. The zero-order valence-corrected chi connectivity index (χ0v) is 18.7. The van der Waals surface area contributed by atoms with Crippen molar-refractivity contribution in [2.75, 3.05) is 31.1 Å². The van der Waals surface area contributed by atoms with Gasteiger partial charge in [-0.25, -0.2) is 0 Å². The molecule has 1 amide bonds. The van der Waals surface area contributed by atoms with E-state index in [4.69, 9.17) is 0 Å². The van der Waals surface area contributed by atoms with Crippen LogP contribution in [0.4, 0.5) is 18.9 Å². The van der Waals surface area contributed by atoms with Crippen LogP contribution in [0.1, 0.15) is 16.1 Å². The first-order valence-electron chi connectivity index (χ1n) is 11.2. The number of carbonyl (C=O) groups is 2. The van der Waals surface area contributed by atoms with E-state index in [-0.39, 0.29) is 13.1 Å². The van der Waals surface area contributed by atoms with Crippen LogP contribution >= 0.6 is 0 Å². The van der Waals surface area contributed by atoms with Gasteiger partial charge >= 0.3 is 6.18 Å². The predicted molar refractivity (Wildman–Crippen MR) is 127 cm³/mol. The van der Waals surface area contributed by atoms with Crippen molar-refractivity contribution in [2.24, 2.45) is 0 Å². The lowest BCUT2D eigenvalue weighted by atomic mass is 10.0. The van der Waals surface area contributed by atoms with Crippen LogP contribution < -0.4 is 4.90 Å². The molecule has 1 aliphatic heterocycles. The number of carbonyl (C=O) groups excluding carboxylic acids is 2. The van der Waals surface area contributed by atoms with Gasteiger partial charge in [0.25, 0.3) is 11.7 Å². The Labute approximate surface area is 200 Å². The Morgan fingerprint density at radius 2 is 1.49 bits per heavy atom. The molecule has 1 aliphatic rings. The lowest BCUT2D eigenvalue weighted by Gasteiger charge is -2.36. The number of amides is 1. The second-order valence-corrected chi connectivity index (χ2v) is 8.42. The first kappa shape index (κ1) is 22.7. The number of aromatic nitrogens is 1. The number of fused-ring (bicyclic) bond motifs is 1. The summed E-state index contributed by atoms with van der Waals surface area (Å²) in [6.45, 7) is 1.15. The van der Waals surface area contributed by atoms with Gasteiger partial charge in [-0.3, -0.25) is 9.59 Å². The number of alkyl halides is 3. The summed E-state index contributed by atoms with van der Waals surface area (Å²) in [7, 11) is 0. The normalized spacial score (nSPS) is 14.4. The van der Waals surface area contributed by atoms with E-state index in [0.29, 0.717) is 30.0 Å². The molecule has 0 N–H and O–H groups in total. The molecular weight excluding hydrogens is 455 g/mol. The number of Topliss-reactive ketones (excluding diaryl/α,β-unsaturated/α-hetero) is 1. The van der Waals surface area contributed by atoms with Gasteiger partial charge in [-0.1, -0.05) is 42.5 Å². The van der Waals surface area contributed by atoms with Crippen molar-refractivity contribution in [1.29, 1.82) is 0 Å². The second kappa shape index (κ2) is 8.94. The van der Waals surface area contributed by atoms with Crippen molar-refractivity contribution in [2.45, 2.75) is 6.18 Å². The Kier molecular flexibility index (Phi) is 5.80. The first-order valence-corrected chi connectivity index (χ1v) is 11.2. The molecule has 178 valence electrons. The highest BCUT2D eigenvalue weighted by molar-refractivity contribution is 6.43. The van der Waals surface area contributed by atoms with Crippen molar-refractivity contribution >= 4 is 22.9 Å². The van der Waals surface area contributed by atoms with Crippen LogP contribution in [0.5, 0.6) is 0 Å². The predicted octanol–water partition coefficient (Wildman–Crippen LogP) is 5.16. The van der Waals surface area contributed by atoms with Crippen LogP contribution in [0.15, 0.2) is 85.1 Å². The highest BCUT2D eigenvalue weighted by atomic mass is 19.4. The van der Waals surface area contributed by atoms with Gasteiger partial charge in [-0.15, -0.1) is 0 Å². The van der Waals surface area contributed by atoms with Gasteiger partial charge in [-0.05, 0) is 42.0 Å². The summed E-state index contributed by atoms with van der Waals surface area (Å²) < 4.78 is 41.0. The number of ketones is 1. The zero-order chi connectivity index (χ0) is 24.6. The lowest BCUT2D eigenvalue weighted by Crippen LogP contribution is -2.50. The highest BCUT2D eigenvalue weighted by Gasteiger charge is 2.33. The highest BCUT2D eigenvalue weighted by Crippen LogP contribution is 2.32. The molecule has 5 rings (SSSR count). The quantitative estimate of drug-likeness (QED) is 0.302. The molecule has 3 heterocycles. The summed E-state index contributed by atoms with van der Waals surface area (Å²) in [5, 5.41) is 0. The monoisotopic (exact) mass is 477 g/mol. The molecule has 0 bridgehead atoms. The van der Waals surface area contributed by atoms with E-state index in [1.165, 1.54) is 11.0 Å². The molecule has 2 aromatic carbocycles. The molecule has 8 heteroatoms. The van der Waals surface area contributed by atoms with Crippen molar-refractivity contribution in [3.63, 3.8) is 0 Å². The molecule has 4 aromatic rings. The van der Waals surface area contributed by atoms with E-state index in [1.807, 2.05) is 48.5 Å². The molecule has 0 spiro atoms. The van der Waals surface area contributed by atoms with E-state index in [0.717, 1.165) is 23.2 Å². The smallest absolute Gasteiger partial charge is 0.368 e. The minimum atomic E-state index is -4.42. The number of hydrogen-bond donors (Lipinski definition) is 0. The molecular formula is C27H22F3N3O2. The van der Waals surface area contributed by atoms with Crippen molar-refractivity contribution in [3.05, 3.63) is 96.3 Å². The van der Waals surface area contributed by atoms with E-state index >= 15 is 0 Å². The Balaban J connectivity index is 1.37. The maximum atomic E-state index is 13.5. The fourth-order valence-electron chi connectivity index (χ4n) is 4.48. The van der Waals surface area contributed by atoms with Crippen LogP contribution in [0.3, 0.4) is 0 Å². The van der Waals surface area contributed by atoms with Crippen LogP contribution in [0, 0.1) is 0 Å². The number of rotatable bonds is 4. The Morgan fingerprint density at radius 3 is 2.20 bits per heavy atom. The van der Waals surface area contributed by atoms with Gasteiger partial charge in [0, 0.05) is 49.1 Å². The fourth-order valence-corrected chi connectivity index (χ4v) is 4.48. The van der Waals surface area contributed by atoms with Crippen molar-refractivity contribution in [1.82, 2.24) is 9.30 Å². The summed E-state index contributed by atoms with van der Waals surface area (Å²) in [6, 6.07) is 22.0. The number of pyridine rings is 1. The van der Waals surface area contributed by atoms with Crippen LogP contribution in [0.25, 0.3) is 16.6 Å². The molecule has 0 aliphatic carbocycles. The summed E-state index contributed by atoms with van der Waals surface area (Å²) in [6.07, 6.45) is -2.66. The number of anilines is 1.